The van der Waals surface area contributed by atoms with E-state index < -0.39 is 34.3 Å². The standard InChI is InChI=1S/C20H41F3O2Si2/c1-11-18(6,12-2)26(8,9)25-17(5)19(7,13-3)27(10,24-14-4)16-15-20(21,22)23/h11,17H,1,12-16H2,2-10H3/t17?,18-,19?,27?/m0/s1. The van der Waals surface area contributed by atoms with Crippen molar-refractivity contribution in [2.24, 2.45) is 0 Å². The molecule has 2 nitrogen and oxygen atoms in total. The van der Waals surface area contributed by atoms with E-state index in [2.05, 4.69) is 40.4 Å². The van der Waals surface area contributed by atoms with Gasteiger partial charge in [-0.2, -0.15) is 13.2 Å². The van der Waals surface area contributed by atoms with Gasteiger partial charge < -0.3 is 8.85 Å². The summed E-state index contributed by atoms with van der Waals surface area (Å²) < 4.78 is 51.7. The van der Waals surface area contributed by atoms with Crippen molar-refractivity contribution in [3.05, 3.63) is 12.7 Å². The highest BCUT2D eigenvalue weighted by molar-refractivity contribution is 6.77. The maximum atomic E-state index is 13.0. The molecule has 7 heteroatoms. The third-order valence-corrected chi connectivity index (χ3v) is 16.8. The second kappa shape index (κ2) is 9.59. The Hall–Kier alpha value is -0.116. The summed E-state index contributed by atoms with van der Waals surface area (Å²) in [5, 5.41) is -0.500. The summed E-state index contributed by atoms with van der Waals surface area (Å²) in [5.41, 5.74) is 0. The minimum absolute atomic E-state index is 0.0663. The maximum absolute atomic E-state index is 13.0. The number of hydrogen-bond donors (Lipinski definition) is 0. The van der Waals surface area contributed by atoms with Crippen LogP contribution in [0.2, 0.25) is 35.8 Å². The number of halogens is 3. The molecular weight excluding hydrogens is 385 g/mol. The van der Waals surface area contributed by atoms with E-state index in [1.54, 1.807) is 0 Å². The fourth-order valence-electron chi connectivity index (χ4n) is 3.84. The van der Waals surface area contributed by atoms with Crippen LogP contribution in [0.25, 0.3) is 0 Å². The van der Waals surface area contributed by atoms with Crippen LogP contribution in [0.15, 0.2) is 12.7 Å². The van der Waals surface area contributed by atoms with Crippen molar-refractivity contribution in [1.29, 1.82) is 0 Å². The van der Waals surface area contributed by atoms with Gasteiger partial charge in [0, 0.05) is 29.2 Å². The Morgan fingerprint density at radius 3 is 1.89 bits per heavy atom. The third-order valence-electron chi connectivity index (χ3n) is 7.22. The van der Waals surface area contributed by atoms with Gasteiger partial charge in [0.25, 0.3) is 0 Å². The molecule has 0 heterocycles. The first-order chi connectivity index (χ1) is 12.1. The van der Waals surface area contributed by atoms with Gasteiger partial charge in [-0.25, -0.2) is 0 Å². The maximum Gasteiger partial charge on any atom is 0.388 e. The van der Waals surface area contributed by atoms with Crippen molar-refractivity contribution in [3.63, 3.8) is 0 Å². The van der Waals surface area contributed by atoms with Gasteiger partial charge in [0.1, 0.15) is 0 Å². The second-order valence-corrected chi connectivity index (χ2v) is 17.6. The Morgan fingerprint density at radius 1 is 1.04 bits per heavy atom. The van der Waals surface area contributed by atoms with Crippen LogP contribution in [0, 0.1) is 0 Å². The fraction of sp³-hybridized carbons (Fsp3) is 0.900. The highest BCUT2D eigenvalue weighted by atomic mass is 28.4. The Balaban J connectivity index is 5.82. The van der Waals surface area contributed by atoms with Crippen molar-refractivity contribution >= 4 is 16.6 Å². The summed E-state index contributed by atoms with van der Waals surface area (Å²) in [5.74, 6) is 0. The van der Waals surface area contributed by atoms with E-state index in [9.17, 15) is 13.2 Å². The second-order valence-electron chi connectivity index (χ2n) is 8.80. The van der Waals surface area contributed by atoms with E-state index in [1.165, 1.54) is 0 Å². The smallest absolute Gasteiger partial charge is 0.388 e. The minimum Gasteiger partial charge on any atom is -0.417 e. The van der Waals surface area contributed by atoms with E-state index in [0.29, 0.717) is 6.61 Å². The molecule has 0 aromatic carbocycles. The van der Waals surface area contributed by atoms with Gasteiger partial charge >= 0.3 is 6.18 Å². The monoisotopic (exact) mass is 426 g/mol. The number of alkyl halides is 3. The molecule has 0 rings (SSSR count). The lowest BCUT2D eigenvalue weighted by atomic mass is 10.0. The van der Waals surface area contributed by atoms with Gasteiger partial charge in [0.15, 0.2) is 16.6 Å². The van der Waals surface area contributed by atoms with Gasteiger partial charge in [-0.05, 0) is 52.4 Å². The Bertz CT molecular complexity index is 484. The highest BCUT2D eigenvalue weighted by Gasteiger charge is 2.54. The Morgan fingerprint density at radius 2 is 1.56 bits per heavy atom. The average molecular weight is 427 g/mol. The van der Waals surface area contributed by atoms with E-state index in [-0.39, 0.29) is 17.2 Å². The topological polar surface area (TPSA) is 18.5 Å². The van der Waals surface area contributed by atoms with Crippen LogP contribution in [-0.4, -0.2) is 35.5 Å². The molecule has 0 saturated heterocycles. The predicted octanol–water partition coefficient (Wildman–Crippen LogP) is 7.69. The molecule has 0 amide bonds. The van der Waals surface area contributed by atoms with E-state index in [0.717, 1.165) is 12.8 Å². The van der Waals surface area contributed by atoms with Gasteiger partial charge in [0.2, 0.25) is 0 Å². The summed E-state index contributed by atoms with van der Waals surface area (Å²) in [4.78, 5) is 0. The lowest BCUT2D eigenvalue weighted by molar-refractivity contribution is -0.131. The van der Waals surface area contributed by atoms with Crippen LogP contribution in [0.3, 0.4) is 0 Å². The number of hydrogen-bond acceptors (Lipinski definition) is 2. The quantitative estimate of drug-likeness (QED) is 0.235. The first-order valence-electron chi connectivity index (χ1n) is 10.1. The average Bonchev–Trinajstić information content (AvgIpc) is 2.57. The van der Waals surface area contributed by atoms with Crippen LogP contribution in [0.5, 0.6) is 0 Å². The largest absolute Gasteiger partial charge is 0.417 e. The van der Waals surface area contributed by atoms with Gasteiger partial charge in [-0.15, -0.1) is 6.58 Å². The Kier molecular flexibility index (Phi) is 9.55. The van der Waals surface area contributed by atoms with E-state index >= 15 is 0 Å². The van der Waals surface area contributed by atoms with E-state index in [1.807, 2.05) is 33.4 Å². The summed E-state index contributed by atoms with van der Waals surface area (Å²) in [6, 6.07) is 0.0663. The van der Waals surface area contributed by atoms with Crippen molar-refractivity contribution in [1.82, 2.24) is 0 Å². The predicted molar refractivity (Wildman–Crippen MR) is 114 cm³/mol. The summed E-state index contributed by atoms with van der Waals surface area (Å²) in [6.07, 6.45) is -1.49. The van der Waals surface area contributed by atoms with Crippen molar-refractivity contribution in [2.75, 3.05) is 6.61 Å². The molecule has 0 saturated carbocycles. The molecule has 0 aliphatic rings. The molecule has 4 atom stereocenters. The summed E-state index contributed by atoms with van der Waals surface area (Å²) in [6.45, 7) is 23.1. The van der Waals surface area contributed by atoms with Crippen molar-refractivity contribution in [3.8, 4) is 0 Å². The molecule has 3 unspecified atom stereocenters. The summed E-state index contributed by atoms with van der Waals surface area (Å²) in [7, 11) is -4.88. The molecular formula is C20H41F3O2Si2. The zero-order valence-corrected chi connectivity index (χ0v) is 20.8. The summed E-state index contributed by atoms with van der Waals surface area (Å²) >= 11 is 0. The lowest BCUT2D eigenvalue weighted by Crippen LogP contribution is -2.56. The zero-order chi connectivity index (χ0) is 21.7. The fourth-order valence-corrected chi connectivity index (χ4v) is 10.8. The van der Waals surface area contributed by atoms with Crippen LogP contribution in [-0.2, 0) is 8.85 Å². The molecule has 0 aliphatic heterocycles. The first-order valence-corrected chi connectivity index (χ1v) is 15.6. The molecule has 0 aromatic heterocycles. The normalized spacial score (nSPS) is 21.0. The zero-order valence-electron chi connectivity index (χ0n) is 18.8. The van der Waals surface area contributed by atoms with Crippen LogP contribution in [0.1, 0.15) is 60.8 Å². The van der Waals surface area contributed by atoms with Crippen LogP contribution >= 0.6 is 0 Å². The molecule has 0 aromatic rings. The molecule has 27 heavy (non-hydrogen) atoms. The molecule has 0 radical (unpaired) electrons. The van der Waals surface area contributed by atoms with Gasteiger partial charge in [-0.1, -0.05) is 33.8 Å². The highest BCUT2D eigenvalue weighted by Crippen LogP contribution is 2.52. The number of allylic oxidation sites excluding steroid dienone is 1. The van der Waals surface area contributed by atoms with Crippen molar-refractivity contribution in [2.45, 2.75) is 109 Å². The SMILES string of the molecule is C=C[C@@](C)(CC)[Si](C)(C)OC(C)C(C)(CC)[Si](C)(CCC(F)(F)F)OCC. The third kappa shape index (κ3) is 6.18. The first kappa shape index (κ1) is 26.9. The molecule has 0 spiro atoms. The minimum atomic E-state index is -4.16. The van der Waals surface area contributed by atoms with Crippen molar-refractivity contribution < 1.29 is 22.0 Å². The lowest BCUT2D eigenvalue weighted by Gasteiger charge is -2.51. The van der Waals surface area contributed by atoms with Gasteiger partial charge in [-0.3, -0.25) is 0 Å². The molecule has 0 N–H and O–H groups in total. The Labute approximate surface area is 167 Å². The van der Waals surface area contributed by atoms with Crippen LogP contribution in [0.4, 0.5) is 13.2 Å². The molecule has 0 aliphatic carbocycles. The molecule has 162 valence electrons. The van der Waals surface area contributed by atoms with Crippen LogP contribution < -0.4 is 0 Å². The molecule has 0 bridgehead atoms. The van der Waals surface area contributed by atoms with Gasteiger partial charge in [0.05, 0.1) is 0 Å². The van der Waals surface area contributed by atoms with E-state index in [4.69, 9.17) is 8.85 Å². The number of rotatable bonds is 12. The molecule has 0 fully saturated rings.